The average Bonchev–Trinajstić information content (AvgIpc) is 3.31. The van der Waals surface area contributed by atoms with Crippen molar-refractivity contribution in [2.75, 3.05) is 43.6 Å². The van der Waals surface area contributed by atoms with Gasteiger partial charge in [0.25, 0.3) is 0 Å². The van der Waals surface area contributed by atoms with Crippen LogP contribution in [0, 0.1) is 18.2 Å². The van der Waals surface area contributed by atoms with Gasteiger partial charge >= 0.3 is 5.92 Å². The lowest BCUT2D eigenvalue weighted by Crippen LogP contribution is -2.44. The monoisotopic (exact) mass is 531 g/mol. The first kappa shape index (κ1) is 26.4. The number of hydrogen-bond acceptors (Lipinski definition) is 8. The molecule has 2 N–H and O–H groups in total. The molecule has 204 valence electrons. The molecular formula is C27H32F3N5O3. The number of ether oxygens (including phenoxy) is 2. The number of halogens is 3. The molecule has 0 amide bonds. The van der Waals surface area contributed by atoms with E-state index in [-0.39, 0.29) is 11.0 Å². The molecule has 2 aliphatic rings. The fourth-order valence-corrected chi connectivity index (χ4v) is 5.16. The molecule has 0 radical (unpaired) electrons. The smallest absolute Gasteiger partial charge is 0.303 e. The Hall–Kier alpha value is -3.18. The predicted molar refractivity (Wildman–Crippen MR) is 137 cm³/mol. The molecule has 0 saturated carbocycles. The van der Waals surface area contributed by atoms with Crippen molar-refractivity contribution < 1.29 is 27.8 Å². The molecule has 2 aromatic heterocycles. The Kier molecular flexibility index (Phi) is 6.42. The summed E-state index contributed by atoms with van der Waals surface area (Å²) in [6.07, 6.45) is 1.01. The second-order valence-corrected chi connectivity index (χ2v) is 10.9. The number of aryl methyl sites for hydroxylation is 1. The lowest BCUT2D eigenvalue weighted by Gasteiger charge is -2.37. The summed E-state index contributed by atoms with van der Waals surface area (Å²) in [6.45, 7) is 8.46. The quantitative estimate of drug-likeness (QED) is 0.452. The minimum atomic E-state index is -3.79. The molecule has 2 fully saturated rings. The van der Waals surface area contributed by atoms with Gasteiger partial charge in [0.15, 0.2) is 5.82 Å². The number of benzene rings is 1. The number of pyridine rings is 1. The van der Waals surface area contributed by atoms with Crippen molar-refractivity contribution in [1.29, 1.82) is 0 Å². The summed E-state index contributed by atoms with van der Waals surface area (Å²) < 4.78 is 56.1. The molecule has 0 aliphatic carbocycles. The molecule has 4 heterocycles. The highest BCUT2D eigenvalue weighted by atomic mass is 19.3. The summed E-state index contributed by atoms with van der Waals surface area (Å²) in [5, 5.41) is 22.3. The zero-order valence-electron chi connectivity index (χ0n) is 22.1. The summed E-state index contributed by atoms with van der Waals surface area (Å²) in [5.41, 5.74) is -1.18. The summed E-state index contributed by atoms with van der Waals surface area (Å²) in [4.78, 5) is 6.94. The van der Waals surface area contributed by atoms with Crippen molar-refractivity contribution >= 4 is 22.4 Å². The number of methoxy groups -OCH3 is 1. The third kappa shape index (κ3) is 4.31. The van der Waals surface area contributed by atoms with Gasteiger partial charge in [-0.3, -0.25) is 0 Å². The third-order valence-electron chi connectivity index (χ3n) is 7.61. The number of nitrogens with zero attached hydrogens (tertiary/aromatic N) is 4. The maximum atomic E-state index is 15.4. The summed E-state index contributed by atoms with van der Waals surface area (Å²) in [6, 6.07) is 4.95. The van der Waals surface area contributed by atoms with Crippen LogP contribution in [0.2, 0.25) is 0 Å². The summed E-state index contributed by atoms with van der Waals surface area (Å²) >= 11 is 0. The number of aromatic nitrogens is 3. The van der Waals surface area contributed by atoms with E-state index in [0.29, 0.717) is 28.3 Å². The molecule has 1 aromatic carbocycles. The van der Waals surface area contributed by atoms with Crippen molar-refractivity contribution in [3.63, 3.8) is 0 Å². The van der Waals surface area contributed by atoms with E-state index in [1.807, 2.05) is 6.07 Å². The lowest BCUT2D eigenvalue weighted by atomic mass is 9.85. The van der Waals surface area contributed by atoms with E-state index in [1.165, 1.54) is 12.1 Å². The second-order valence-electron chi connectivity index (χ2n) is 10.9. The van der Waals surface area contributed by atoms with Gasteiger partial charge in [-0.1, -0.05) is 12.1 Å². The van der Waals surface area contributed by atoms with Gasteiger partial charge in [0.1, 0.15) is 22.6 Å². The van der Waals surface area contributed by atoms with Gasteiger partial charge in [-0.2, -0.15) is 13.9 Å². The topological polar surface area (TPSA) is 92.6 Å². The Morgan fingerprint density at radius 1 is 1.24 bits per heavy atom. The Morgan fingerprint density at radius 3 is 2.58 bits per heavy atom. The number of hydrogen-bond donors (Lipinski definition) is 2. The Morgan fingerprint density at radius 2 is 1.97 bits per heavy atom. The first-order valence-corrected chi connectivity index (χ1v) is 12.6. The van der Waals surface area contributed by atoms with Gasteiger partial charge in [0.05, 0.1) is 37.6 Å². The maximum Gasteiger partial charge on any atom is 0.303 e. The Balaban J connectivity index is 1.52. The van der Waals surface area contributed by atoms with Crippen LogP contribution in [0.3, 0.4) is 0 Å². The molecule has 5 rings (SSSR count). The summed E-state index contributed by atoms with van der Waals surface area (Å²) in [5.74, 6) is -4.07. The van der Waals surface area contributed by atoms with Crippen molar-refractivity contribution in [3.05, 3.63) is 46.9 Å². The van der Waals surface area contributed by atoms with Gasteiger partial charge < -0.3 is 24.8 Å². The normalized spacial score (nSPS) is 18.1. The van der Waals surface area contributed by atoms with Gasteiger partial charge in [0, 0.05) is 29.5 Å². The van der Waals surface area contributed by atoms with Crippen LogP contribution >= 0.6 is 0 Å². The molecule has 3 aromatic rings. The minimum Gasteiger partial charge on any atom is -0.480 e. The maximum absolute atomic E-state index is 15.4. The molecular weight excluding hydrogens is 499 g/mol. The van der Waals surface area contributed by atoms with Gasteiger partial charge in [-0.15, -0.1) is 5.10 Å². The van der Waals surface area contributed by atoms with E-state index >= 15 is 4.39 Å². The van der Waals surface area contributed by atoms with E-state index < -0.39 is 28.9 Å². The van der Waals surface area contributed by atoms with Gasteiger partial charge in [-0.05, 0) is 46.2 Å². The van der Waals surface area contributed by atoms with E-state index in [0.717, 1.165) is 58.3 Å². The van der Waals surface area contributed by atoms with E-state index in [1.54, 1.807) is 21.0 Å². The molecule has 38 heavy (non-hydrogen) atoms. The highest BCUT2D eigenvalue weighted by Gasteiger charge is 2.49. The number of alkyl halides is 2. The van der Waals surface area contributed by atoms with Crippen LogP contribution < -0.4 is 15.0 Å². The van der Waals surface area contributed by atoms with Crippen LogP contribution in [-0.2, 0) is 10.7 Å². The molecule has 8 nitrogen and oxygen atoms in total. The average molecular weight is 532 g/mol. The second kappa shape index (κ2) is 9.23. The number of fused-ring (bicyclic) bond motifs is 1. The molecule has 0 bridgehead atoms. The van der Waals surface area contributed by atoms with Crippen molar-refractivity contribution in [1.82, 2.24) is 15.2 Å². The molecule has 1 spiro atoms. The van der Waals surface area contributed by atoms with Crippen molar-refractivity contribution in [3.8, 4) is 5.88 Å². The van der Waals surface area contributed by atoms with Crippen LogP contribution in [0.25, 0.3) is 10.9 Å². The highest BCUT2D eigenvalue weighted by Crippen LogP contribution is 2.44. The lowest BCUT2D eigenvalue weighted by molar-refractivity contribution is -0.170. The number of nitrogens with one attached hydrogen (secondary N) is 1. The minimum absolute atomic E-state index is 0.00936. The molecule has 2 aliphatic heterocycles. The number of rotatable bonds is 7. The number of anilines is 2. The van der Waals surface area contributed by atoms with Crippen molar-refractivity contribution in [2.24, 2.45) is 5.41 Å². The standard InChI is InChI=1S/C27H32F3N5O3/c1-15(17-7-6-8-19(21(17)28)27(29,30)25(3,4)36)31-23-18-11-20(35-10-9-26(12-35)13-38-14-26)24(37-5)32-22(18)16(2)33-34-23/h6-8,11,15,36H,9-10,12-14H2,1-5H3,(H,31,34)/t15-/m1/s1. The Labute approximate surface area is 219 Å². The molecule has 0 unspecified atom stereocenters. The SMILES string of the molecule is COc1nc2c(C)nnc(N[C@H](C)c3cccc(C(F)(F)C(C)(C)O)c3F)c2cc1N1CCC2(COC2)C1. The Bertz CT molecular complexity index is 1370. The van der Waals surface area contributed by atoms with E-state index in [2.05, 4.69) is 20.4 Å². The largest absolute Gasteiger partial charge is 0.480 e. The fourth-order valence-electron chi connectivity index (χ4n) is 5.16. The van der Waals surface area contributed by atoms with E-state index in [9.17, 15) is 13.9 Å². The first-order chi connectivity index (χ1) is 17.9. The zero-order valence-corrected chi connectivity index (χ0v) is 22.1. The van der Waals surface area contributed by atoms with Gasteiger partial charge in [0.2, 0.25) is 5.88 Å². The fraction of sp³-hybridized carbons (Fsp3) is 0.519. The summed E-state index contributed by atoms with van der Waals surface area (Å²) in [7, 11) is 1.57. The predicted octanol–water partition coefficient (Wildman–Crippen LogP) is 4.74. The van der Waals surface area contributed by atoms with Crippen LogP contribution in [-0.4, -0.2) is 59.3 Å². The van der Waals surface area contributed by atoms with Crippen LogP contribution in [0.15, 0.2) is 24.3 Å². The molecule has 1 atom stereocenters. The third-order valence-corrected chi connectivity index (χ3v) is 7.61. The highest BCUT2D eigenvalue weighted by molar-refractivity contribution is 5.93. The van der Waals surface area contributed by atoms with Crippen molar-refractivity contribution in [2.45, 2.75) is 51.7 Å². The van der Waals surface area contributed by atoms with Crippen LogP contribution in [0.1, 0.15) is 50.1 Å². The van der Waals surface area contributed by atoms with Gasteiger partial charge in [-0.25, -0.2) is 9.37 Å². The van der Waals surface area contributed by atoms with E-state index in [4.69, 9.17) is 14.5 Å². The van der Waals surface area contributed by atoms with Crippen LogP contribution in [0.4, 0.5) is 24.7 Å². The number of aliphatic hydroxyl groups is 1. The zero-order chi connectivity index (χ0) is 27.5. The first-order valence-electron chi connectivity index (χ1n) is 12.6. The van der Waals surface area contributed by atoms with Crippen LogP contribution in [0.5, 0.6) is 5.88 Å². The molecule has 2 saturated heterocycles. The molecule has 11 heteroatoms.